The Morgan fingerprint density at radius 2 is 2.00 bits per heavy atom. The van der Waals surface area contributed by atoms with Crippen LogP contribution in [-0.4, -0.2) is 77.6 Å². The summed E-state index contributed by atoms with van der Waals surface area (Å²) >= 11 is 0. The third-order valence-electron chi connectivity index (χ3n) is 6.97. The van der Waals surface area contributed by atoms with Gasteiger partial charge >= 0.3 is 0 Å². The molecule has 3 N–H and O–H groups in total. The number of H-pyrrole nitrogens is 1. The van der Waals surface area contributed by atoms with Crippen molar-refractivity contribution in [3.63, 3.8) is 0 Å². The zero-order valence-electron chi connectivity index (χ0n) is 23.2. The fraction of sp³-hybridized carbons (Fsp3) is 0.481. The van der Waals surface area contributed by atoms with E-state index in [-0.39, 0.29) is 18.8 Å². The van der Waals surface area contributed by atoms with Gasteiger partial charge in [-0.3, -0.25) is 19.7 Å². The SMILES string of the molecule is CCNc1nn([C@@H](C)CO)c2c1/C=C/c1[nH]nc3c(C)nc(cc13)-c1c(C)nn(C)c1O[C@@H](C)CN(C)C2. The Balaban J connectivity index is 1.75. The number of aromatic nitrogens is 7. The highest BCUT2D eigenvalue weighted by Gasteiger charge is 2.25. The number of hydrogen-bond acceptors (Lipinski definition) is 8. The molecule has 1 aliphatic rings. The highest BCUT2D eigenvalue weighted by atomic mass is 16.5. The first-order chi connectivity index (χ1) is 18.2. The van der Waals surface area contributed by atoms with E-state index in [4.69, 9.17) is 14.8 Å². The number of hydrogen-bond donors (Lipinski definition) is 3. The van der Waals surface area contributed by atoms with Gasteiger partial charge in [0.2, 0.25) is 5.88 Å². The summed E-state index contributed by atoms with van der Waals surface area (Å²) < 4.78 is 10.2. The zero-order chi connectivity index (χ0) is 27.1. The molecule has 38 heavy (non-hydrogen) atoms. The van der Waals surface area contributed by atoms with Gasteiger partial charge in [0.1, 0.15) is 11.6 Å². The Kier molecular flexibility index (Phi) is 6.97. The summed E-state index contributed by atoms with van der Waals surface area (Å²) in [5.41, 5.74) is 7.10. The van der Waals surface area contributed by atoms with Crippen LogP contribution in [0.3, 0.4) is 0 Å². The van der Waals surface area contributed by atoms with Gasteiger partial charge in [-0.15, -0.1) is 0 Å². The van der Waals surface area contributed by atoms with Crippen LogP contribution in [0.2, 0.25) is 0 Å². The van der Waals surface area contributed by atoms with Gasteiger partial charge in [-0.25, -0.2) is 4.68 Å². The van der Waals surface area contributed by atoms with Gasteiger partial charge in [0.05, 0.1) is 46.7 Å². The first kappa shape index (κ1) is 25.9. The molecule has 0 radical (unpaired) electrons. The molecule has 11 nitrogen and oxygen atoms in total. The Morgan fingerprint density at radius 3 is 2.74 bits per heavy atom. The highest BCUT2D eigenvalue weighted by molar-refractivity contribution is 5.94. The second-order valence-electron chi connectivity index (χ2n) is 10.2. The van der Waals surface area contributed by atoms with Crippen LogP contribution in [0.1, 0.15) is 55.2 Å². The molecule has 2 bridgehead atoms. The number of anilines is 1. The number of rotatable bonds is 4. The normalized spacial score (nSPS) is 17.9. The number of pyridine rings is 1. The van der Waals surface area contributed by atoms with Gasteiger partial charge in [-0.05, 0) is 59.9 Å². The summed E-state index contributed by atoms with van der Waals surface area (Å²) in [7, 11) is 3.97. The summed E-state index contributed by atoms with van der Waals surface area (Å²) in [6.07, 6.45) is 4.01. The lowest BCUT2D eigenvalue weighted by atomic mass is 10.1. The average Bonchev–Trinajstić information content (AvgIpc) is 3.51. The fourth-order valence-corrected chi connectivity index (χ4v) is 5.22. The van der Waals surface area contributed by atoms with Gasteiger partial charge in [-0.1, -0.05) is 0 Å². The Bertz CT molecular complexity index is 1500. The number of likely N-dealkylation sites (N-methyl/N-ethyl adjacent to an activating group) is 1. The number of ether oxygens (including phenoxy) is 1. The van der Waals surface area contributed by atoms with Crippen LogP contribution in [0.4, 0.5) is 5.82 Å². The second-order valence-corrected chi connectivity index (χ2v) is 10.2. The van der Waals surface area contributed by atoms with E-state index in [2.05, 4.69) is 58.6 Å². The first-order valence-electron chi connectivity index (χ1n) is 13.1. The molecule has 202 valence electrons. The van der Waals surface area contributed by atoms with Crippen LogP contribution in [0.5, 0.6) is 5.88 Å². The van der Waals surface area contributed by atoms with Crippen molar-refractivity contribution in [3.05, 3.63) is 34.4 Å². The number of aliphatic hydroxyl groups is 1. The number of fused-ring (bicyclic) bond motifs is 4. The van der Waals surface area contributed by atoms with E-state index in [1.807, 2.05) is 38.6 Å². The van der Waals surface area contributed by atoms with Gasteiger partial charge in [0.15, 0.2) is 5.82 Å². The summed E-state index contributed by atoms with van der Waals surface area (Å²) in [5.74, 6) is 1.48. The van der Waals surface area contributed by atoms with Gasteiger partial charge in [-0.2, -0.15) is 15.3 Å². The van der Waals surface area contributed by atoms with Crippen molar-refractivity contribution in [2.24, 2.45) is 7.05 Å². The zero-order valence-corrected chi connectivity index (χ0v) is 23.2. The van der Waals surface area contributed by atoms with Crippen LogP contribution >= 0.6 is 0 Å². The Labute approximate surface area is 222 Å². The van der Waals surface area contributed by atoms with E-state index in [1.165, 1.54) is 0 Å². The molecule has 4 aromatic rings. The maximum atomic E-state index is 9.98. The van der Waals surface area contributed by atoms with Crippen molar-refractivity contribution < 1.29 is 9.84 Å². The van der Waals surface area contributed by atoms with E-state index in [1.54, 1.807) is 4.68 Å². The Morgan fingerprint density at radius 1 is 1.21 bits per heavy atom. The van der Waals surface area contributed by atoms with Crippen molar-refractivity contribution in [3.8, 4) is 17.1 Å². The lowest BCUT2D eigenvalue weighted by Gasteiger charge is -2.24. The average molecular weight is 520 g/mol. The fourth-order valence-electron chi connectivity index (χ4n) is 5.22. The minimum Gasteiger partial charge on any atom is -0.473 e. The molecule has 5 rings (SSSR count). The van der Waals surface area contributed by atoms with Crippen LogP contribution in [0.15, 0.2) is 6.07 Å². The molecule has 0 aliphatic carbocycles. The third kappa shape index (κ3) is 4.56. The summed E-state index contributed by atoms with van der Waals surface area (Å²) in [5, 5.41) is 31.6. The van der Waals surface area contributed by atoms with Crippen molar-refractivity contribution in [1.82, 2.24) is 39.6 Å². The highest BCUT2D eigenvalue weighted by Crippen LogP contribution is 2.36. The Hall–Kier alpha value is -3.70. The molecule has 0 aromatic carbocycles. The van der Waals surface area contributed by atoms with Crippen molar-refractivity contribution in [2.75, 3.05) is 32.1 Å². The number of aromatic amines is 1. The topological polar surface area (TPSA) is 122 Å². The molecule has 4 aromatic heterocycles. The minimum atomic E-state index is -0.169. The molecule has 0 saturated heterocycles. The molecular formula is C27H37N9O2. The molecule has 2 atom stereocenters. The monoisotopic (exact) mass is 519 g/mol. The number of nitrogens with zero attached hydrogens (tertiary/aromatic N) is 7. The minimum absolute atomic E-state index is 0.00448. The number of aryl methyl sites for hydroxylation is 3. The number of aliphatic hydroxyl groups excluding tert-OH is 1. The summed E-state index contributed by atoms with van der Waals surface area (Å²) in [6.45, 7) is 12.1. The maximum absolute atomic E-state index is 9.98. The van der Waals surface area contributed by atoms with Gasteiger partial charge < -0.3 is 15.2 Å². The molecule has 11 heteroatoms. The molecule has 0 saturated carbocycles. The maximum Gasteiger partial charge on any atom is 0.221 e. The van der Waals surface area contributed by atoms with E-state index >= 15 is 0 Å². The van der Waals surface area contributed by atoms with Crippen molar-refractivity contribution in [1.29, 1.82) is 0 Å². The number of nitrogens with one attached hydrogen (secondary N) is 2. The standard InChI is InChI=1S/C27H37N9O2/c1-8-28-26-19-9-10-21-20-11-22(29-18(5)25(20)31-30-21)24-17(4)32-35(7)27(24)38-16(3)12-34(6)13-23(19)36(33-26)15(2)14-37/h9-11,15-16,37H,8,12-14H2,1-7H3,(H,28,33)(H,30,31)/b10-9+/t15-,16-/m0/s1. The molecular weight excluding hydrogens is 482 g/mol. The molecule has 1 aliphatic heterocycles. The quantitative estimate of drug-likeness (QED) is 0.374. The predicted molar refractivity (Wildman–Crippen MR) is 149 cm³/mol. The lowest BCUT2D eigenvalue weighted by Crippen LogP contribution is -2.32. The van der Waals surface area contributed by atoms with Crippen molar-refractivity contribution in [2.45, 2.75) is 53.3 Å². The summed E-state index contributed by atoms with van der Waals surface area (Å²) in [6, 6.07) is 1.89. The smallest absolute Gasteiger partial charge is 0.221 e. The molecule has 0 unspecified atom stereocenters. The van der Waals surface area contributed by atoms with Crippen LogP contribution in [0, 0.1) is 13.8 Å². The van der Waals surface area contributed by atoms with E-state index in [0.29, 0.717) is 19.0 Å². The van der Waals surface area contributed by atoms with E-state index in [0.717, 1.165) is 62.9 Å². The largest absolute Gasteiger partial charge is 0.473 e. The van der Waals surface area contributed by atoms with E-state index < -0.39 is 0 Å². The second kappa shape index (κ2) is 10.2. The third-order valence-corrected chi connectivity index (χ3v) is 6.97. The molecule has 0 spiro atoms. The van der Waals surface area contributed by atoms with Gasteiger partial charge in [0, 0.05) is 37.6 Å². The van der Waals surface area contributed by atoms with Crippen LogP contribution in [0.25, 0.3) is 34.3 Å². The van der Waals surface area contributed by atoms with Gasteiger partial charge in [0.25, 0.3) is 0 Å². The molecule has 0 fully saturated rings. The van der Waals surface area contributed by atoms with E-state index in [9.17, 15) is 5.11 Å². The van der Waals surface area contributed by atoms with Crippen LogP contribution in [-0.2, 0) is 13.6 Å². The molecule has 0 amide bonds. The summed E-state index contributed by atoms with van der Waals surface area (Å²) in [4.78, 5) is 7.11. The van der Waals surface area contributed by atoms with Crippen molar-refractivity contribution >= 4 is 28.9 Å². The predicted octanol–water partition coefficient (Wildman–Crippen LogP) is 3.54. The first-order valence-corrected chi connectivity index (χ1v) is 13.1. The lowest BCUT2D eigenvalue weighted by molar-refractivity contribution is 0.145. The molecule has 5 heterocycles. The van der Waals surface area contributed by atoms with Crippen LogP contribution < -0.4 is 10.1 Å².